The van der Waals surface area contributed by atoms with Gasteiger partial charge in [-0.3, -0.25) is 14.9 Å². The molecular weight excluding hydrogens is 324 g/mol. The van der Waals surface area contributed by atoms with Crippen LogP contribution in [0.3, 0.4) is 0 Å². The smallest absolute Gasteiger partial charge is 0.321 e. The van der Waals surface area contributed by atoms with E-state index in [1.54, 1.807) is 0 Å². The Kier molecular flexibility index (Phi) is 5.16. The first-order valence-corrected chi connectivity index (χ1v) is 8.51. The van der Waals surface area contributed by atoms with E-state index in [9.17, 15) is 22.8 Å². The van der Waals surface area contributed by atoms with Gasteiger partial charge in [-0.05, 0) is 18.9 Å². The Hall–Kier alpha value is -2.20. The zero-order chi connectivity index (χ0) is 17.0. The molecule has 0 saturated carbocycles. The molecule has 1 fully saturated rings. The van der Waals surface area contributed by atoms with Gasteiger partial charge in [0.05, 0.1) is 4.90 Å². The fourth-order valence-electron chi connectivity index (χ4n) is 2.25. The molecule has 2 heterocycles. The zero-order valence-electron chi connectivity index (χ0n) is 12.6. The second-order valence-corrected chi connectivity index (χ2v) is 7.01. The number of carbonyl (C=O) groups is 2. The van der Waals surface area contributed by atoms with Crippen molar-refractivity contribution in [2.45, 2.75) is 24.3 Å². The molecule has 0 radical (unpaired) electrons. The highest BCUT2D eigenvalue weighted by atomic mass is 32.2. The molecule has 9 nitrogen and oxygen atoms in total. The van der Waals surface area contributed by atoms with E-state index in [1.165, 1.54) is 17.4 Å². The van der Waals surface area contributed by atoms with Gasteiger partial charge in [-0.25, -0.2) is 13.2 Å². The molecule has 0 spiro atoms. The lowest BCUT2D eigenvalue weighted by molar-refractivity contribution is -0.120. The Bertz CT molecular complexity index is 765. The van der Waals surface area contributed by atoms with Crippen LogP contribution in [-0.2, 0) is 21.4 Å². The first-order valence-electron chi connectivity index (χ1n) is 7.07. The van der Waals surface area contributed by atoms with Gasteiger partial charge in [0.15, 0.2) is 0 Å². The maximum absolute atomic E-state index is 12.5. The number of hydrogen-bond donors (Lipinski definition) is 2. The molecule has 126 valence electrons. The van der Waals surface area contributed by atoms with Crippen molar-refractivity contribution < 1.29 is 18.0 Å². The van der Waals surface area contributed by atoms with Crippen LogP contribution in [0, 0.1) is 0 Å². The minimum Gasteiger partial charge on any atom is -0.341 e. The third-order valence-electron chi connectivity index (χ3n) is 3.45. The SMILES string of the molecule is CNC(=O)NC(=O)Cn1cc(S(=O)(=O)N2CCCC2)ccc1=O. The minimum absolute atomic E-state index is 0.0493. The van der Waals surface area contributed by atoms with Crippen molar-refractivity contribution in [1.82, 2.24) is 19.5 Å². The molecule has 1 aromatic rings. The third kappa shape index (κ3) is 3.96. The van der Waals surface area contributed by atoms with Crippen LogP contribution < -0.4 is 16.2 Å². The number of aromatic nitrogens is 1. The minimum atomic E-state index is -3.68. The van der Waals surface area contributed by atoms with Crippen molar-refractivity contribution in [2.75, 3.05) is 20.1 Å². The van der Waals surface area contributed by atoms with E-state index in [1.807, 2.05) is 5.32 Å². The van der Waals surface area contributed by atoms with E-state index in [-0.39, 0.29) is 4.90 Å². The number of carbonyl (C=O) groups excluding carboxylic acids is 2. The van der Waals surface area contributed by atoms with Crippen molar-refractivity contribution in [3.8, 4) is 0 Å². The molecule has 0 atom stereocenters. The van der Waals surface area contributed by atoms with Gasteiger partial charge in [0.2, 0.25) is 15.9 Å². The van der Waals surface area contributed by atoms with Gasteiger partial charge in [0.25, 0.3) is 5.56 Å². The average molecular weight is 342 g/mol. The van der Waals surface area contributed by atoms with Gasteiger partial charge >= 0.3 is 6.03 Å². The van der Waals surface area contributed by atoms with Crippen LogP contribution in [0.5, 0.6) is 0 Å². The number of sulfonamides is 1. The summed E-state index contributed by atoms with van der Waals surface area (Å²) in [6, 6.07) is 1.61. The van der Waals surface area contributed by atoms with Crippen molar-refractivity contribution in [3.63, 3.8) is 0 Å². The van der Waals surface area contributed by atoms with Gasteiger partial charge in [0, 0.05) is 32.4 Å². The lowest BCUT2D eigenvalue weighted by Crippen LogP contribution is -2.40. The normalized spacial score (nSPS) is 15.3. The number of amides is 3. The Morgan fingerprint density at radius 1 is 1.22 bits per heavy atom. The van der Waals surface area contributed by atoms with Crippen LogP contribution >= 0.6 is 0 Å². The summed E-state index contributed by atoms with van der Waals surface area (Å²) < 4.78 is 27.2. The second-order valence-electron chi connectivity index (χ2n) is 5.07. The van der Waals surface area contributed by atoms with Crippen molar-refractivity contribution >= 4 is 22.0 Å². The van der Waals surface area contributed by atoms with E-state index >= 15 is 0 Å². The van der Waals surface area contributed by atoms with Crippen LogP contribution in [0.1, 0.15) is 12.8 Å². The maximum Gasteiger partial charge on any atom is 0.321 e. The molecule has 0 aromatic carbocycles. The summed E-state index contributed by atoms with van der Waals surface area (Å²) in [6.45, 7) is 0.437. The summed E-state index contributed by atoms with van der Waals surface area (Å²) in [5.41, 5.74) is -0.530. The molecule has 1 aliphatic rings. The number of nitrogens with one attached hydrogen (secondary N) is 2. The van der Waals surface area contributed by atoms with Gasteiger partial charge in [-0.1, -0.05) is 0 Å². The highest BCUT2D eigenvalue weighted by Crippen LogP contribution is 2.19. The molecule has 1 aromatic heterocycles. The zero-order valence-corrected chi connectivity index (χ0v) is 13.4. The van der Waals surface area contributed by atoms with Crippen molar-refractivity contribution in [2.24, 2.45) is 0 Å². The highest BCUT2D eigenvalue weighted by Gasteiger charge is 2.27. The number of hydrogen-bond acceptors (Lipinski definition) is 5. The fourth-order valence-corrected chi connectivity index (χ4v) is 3.78. The molecule has 1 aliphatic heterocycles. The average Bonchev–Trinajstić information content (AvgIpc) is 3.04. The van der Waals surface area contributed by atoms with E-state index in [2.05, 4.69) is 5.32 Å². The predicted octanol–water partition coefficient (Wildman–Crippen LogP) is -0.912. The Labute approximate surface area is 133 Å². The number of nitrogens with zero attached hydrogens (tertiary/aromatic N) is 2. The summed E-state index contributed by atoms with van der Waals surface area (Å²) in [4.78, 5) is 34.5. The molecule has 0 unspecified atom stereocenters. The fraction of sp³-hybridized carbons (Fsp3) is 0.462. The van der Waals surface area contributed by atoms with Crippen LogP contribution in [0.25, 0.3) is 0 Å². The first-order chi connectivity index (χ1) is 10.8. The van der Waals surface area contributed by atoms with Gasteiger partial charge in [0.1, 0.15) is 6.54 Å². The summed E-state index contributed by atoms with van der Waals surface area (Å²) in [7, 11) is -2.33. The van der Waals surface area contributed by atoms with E-state index in [0.717, 1.165) is 29.7 Å². The Morgan fingerprint density at radius 3 is 2.48 bits per heavy atom. The molecule has 2 rings (SSSR count). The van der Waals surface area contributed by atoms with Gasteiger partial charge in [-0.2, -0.15) is 4.31 Å². The lowest BCUT2D eigenvalue weighted by atomic mass is 10.4. The third-order valence-corrected chi connectivity index (χ3v) is 5.34. The Morgan fingerprint density at radius 2 is 1.87 bits per heavy atom. The molecule has 1 saturated heterocycles. The second kappa shape index (κ2) is 6.92. The molecular formula is C13H18N4O5S. The molecule has 2 N–H and O–H groups in total. The number of urea groups is 1. The van der Waals surface area contributed by atoms with Crippen LogP contribution in [-0.4, -0.2) is 49.4 Å². The monoisotopic (exact) mass is 342 g/mol. The number of imide groups is 1. The highest BCUT2D eigenvalue weighted by molar-refractivity contribution is 7.89. The molecule has 23 heavy (non-hydrogen) atoms. The number of rotatable bonds is 4. The molecule has 0 bridgehead atoms. The van der Waals surface area contributed by atoms with Crippen LogP contribution in [0.4, 0.5) is 4.79 Å². The van der Waals surface area contributed by atoms with Crippen LogP contribution in [0.2, 0.25) is 0 Å². The van der Waals surface area contributed by atoms with Crippen molar-refractivity contribution in [1.29, 1.82) is 0 Å². The lowest BCUT2D eigenvalue weighted by Gasteiger charge is -2.16. The quantitative estimate of drug-likeness (QED) is 0.734. The standard InChI is InChI=1S/C13H18N4O5S/c1-14-13(20)15-11(18)9-16-8-10(4-5-12(16)19)23(21,22)17-6-2-3-7-17/h4-5,8H,2-3,6-7,9H2,1H3,(H2,14,15,18,20). The number of pyridine rings is 1. The first kappa shape index (κ1) is 17.2. The Balaban J connectivity index is 2.24. The van der Waals surface area contributed by atoms with Crippen molar-refractivity contribution in [3.05, 3.63) is 28.7 Å². The summed E-state index contributed by atoms with van der Waals surface area (Å²) in [5, 5.41) is 4.22. The molecule has 10 heteroatoms. The topological polar surface area (TPSA) is 118 Å². The van der Waals surface area contributed by atoms with Crippen LogP contribution in [0.15, 0.2) is 28.0 Å². The maximum atomic E-state index is 12.5. The summed E-state index contributed by atoms with van der Waals surface area (Å²) in [6.07, 6.45) is 2.72. The van der Waals surface area contributed by atoms with Gasteiger partial charge < -0.3 is 9.88 Å². The largest absolute Gasteiger partial charge is 0.341 e. The predicted molar refractivity (Wildman–Crippen MR) is 81.3 cm³/mol. The summed E-state index contributed by atoms with van der Waals surface area (Å²) in [5.74, 6) is -0.720. The van der Waals surface area contributed by atoms with E-state index in [0.29, 0.717) is 13.1 Å². The molecule has 0 aliphatic carbocycles. The van der Waals surface area contributed by atoms with E-state index in [4.69, 9.17) is 0 Å². The van der Waals surface area contributed by atoms with Gasteiger partial charge in [-0.15, -0.1) is 0 Å². The summed E-state index contributed by atoms with van der Waals surface area (Å²) >= 11 is 0. The molecule has 3 amide bonds. The van der Waals surface area contributed by atoms with E-state index < -0.39 is 34.1 Å².